The second kappa shape index (κ2) is 7.97. The van der Waals surface area contributed by atoms with Crippen LogP contribution in [-0.4, -0.2) is 35.0 Å². The van der Waals surface area contributed by atoms with Gasteiger partial charge in [0.05, 0.1) is 0 Å². The highest BCUT2D eigenvalue weighted by Gasteiger charge is 2.23. The van der Waals surface area contributed by atoms with Gasteiger partial charge in [-0.25, -0.2) is 0 Å². The van der Waals surface area contributed by atoms with Gasteiger partial charge in [-0.3, -0.25) is 9.59 Å². The zero-order valence-electron chi connectivity index (χ0n) is 13.3. The highest BCUT2D eigenvalue weighted by molar-refractivity contribution is 5.76. The maximum atomic E-state index is 12.4. The second-order valence-electron chi connectivity index (χ2n) is 6.21. The average molecular weight is 303 g/mol. The van der Waals surface area contributed by atoms with E-state index in [4.69, 9.17) is 5.11 Å². The Hall–Kier alpha value is -1.84. The summed E-state index contributed by atoms with van der Waals surface area (Å²) < 4.78 is 0. The number of aliphatic carboxylic acids is 1. The predicted molar refractivity (Wildman–Crippen MR) is 85.7 cm³/mol. The van der Waals surface area contributed by atoms with Gasteiger partial charge in [0, 0.05) is 25.9 Å². The Bertz CT molecular complexity index is 527. The van der Waals surface area contributed by atoms with Gasteiger partial charge >= 0.3 is 5.97 Å². The first kappa shape index (κ1) is 16.5. The molecule has 22 heavy (non-hydrogen) atoms. The molecule has 0 bridgehead atoms. The molecule has 4 nitrogen and oxygen atoms in total. The van der Waals surface area contributed by atoms with Crippen molar-refractivity contribution in [2.24, 2.45) is 5.92 Å². The Morgan fingerprint density at radius 2 is 2.05 bits per heavy atom. The number of rotatable bonds is 6. The molecular formula is C18H25NO3. The number of nitrogens with zero attached hydrogens (tertiary/aromatic N) is 1. The SMILES string of the molecule is Cc1ccccc1CCC(=O)N1CCC[C@H](CCC(=O)O)C1. The van der Waals surface area contributed by atoms with Crippen LogP contribution in [-0.2, 0) is 16.0 Å². The molecule has 0 aliphatic carbocycles. The number of hydrogen-bond donors (Lipinski definition) is 1. The van der Waals surface area contributed by atoms with Crippen molar-refractivity contribution in [2.75, 3.05) is 13.1 Å². The van der Waals surface area contributed by atoms with E-state index in [1.807, 2.05) is 17.0 Å². The minimum atomic E-state index is -0.747. The molecule has 1 atom stereocenters. The van der Waals surface area contributed by atoms with Crippen molar-refractivity contribution in [3.63, 3.8) is 0 Å². The minimum absolute atomic E-state index is 0.197. The number of carbonyl (C=O) groups is 2. The minimum Gasteiger partial charge on any atom is -0.481 e. The molecule has 1 aliphatic heterocycles. The Morgan fingerprint density at radius 3 is 2.77 bits per heavy atom. The third kappa shape index (κ3) is 4.86. The van der Waals surface area contributed by atoms with Crippen LogP contribution in [0.25, 0.3) is 0 Å². The molecule has 0 aromatic heterocycles. The quantitative estimate of drug-likeness (QED) is 0.879. The van der Waals surface area contributed by atoms with Crippen molar-refractivity contribution >= 4 is 11.9 Å². The molecule has 1 heterocycles. The summed E-state index contributed by atoms with van der Waals surface area (Å²) in [6.45, 7) is 3.61. The molecule has 1 aromatic rings. The van der Waals surface area contributed by atoms with Gasteiger partial charge in [0.2, 0.25) is 5.91 Å². The smallest absolute Gasteiger partial charge is 0.303 e. The fourth-order valence-corrected chi connectivity index (χ4v) is 3.15. The van der Waals surface area contributed by atoms with E-state index in [-0.39, 0.29) is 12.3 Å². The van der Waals surface area contributed by atoms with Gasteiger partial charge in [-0.15, -0.1) is 0 Å². The zero-order valence-corrected chi connectivity index (χ0v) is 13.3. The van der Waals surface area contributed by atoms with E-state index >= 15 is 0 Å². The van der Waals surface area contributed by atoms with Gasteiger partial charge < -0.3 is 10.0 Å². The van der Waals surface area contributed by atoms with Crippen molar-refractivity contribution in [1.29, 1.82) is 0 Å². The highest BCUT2D eigenvalue weighted by Crippen LogP contribution is 2.22. The molecule has 0 saturated carbocycles. The number of carboxylic acids is 1. The molecule has 0 unspecified atom stereocenters. The lowest BCUT2D eigenvalue weighted by Gasteiger charge is -2.32. The van der Waals surface area contributed by atoms with Gasteiger partial charge in [-0.1, -0.05) is 24.3 Å². The van der Waals surface area contributed by atoms with Crippen LogP contribution in [0.5, 0.6) is 0 Å². The van der Waals surface area contributed by atoms with E-state index < -0.39 is 5.97 Å². The van der Waals surface area contributed by atoms with Crippen LogP contribution in [0.15, 0.2) is 24.3 Å². The maximum absolute atomic E-state index is 12.4. The summed E-state index contributed by atoms with van der Waals surface area (Å²) in [7, 11) is 0. The van der Waals surface area contributed by atoms with Crippen molar-refractivity contribution in [3.8, 4) is 0 Å². The maximum Gasteiger partial charge on any atom is 0.303 e. The Morgan fingerprint density at radius 1 is 1.27 bits per heavy atom. The predicted octanol–water partition coefficient (Wildman–Crippen LogP) is 3.03. The van der Waals surface area contributed by atoms with E-state index in [0.29, 0.717) is 18.8 Å². The van der Waals surface area contributed by atoms with Gasteiger partial charge in [0.15, 0.2) is 0 Å². The van der Waals surface area contributed by atoms with Crippen LogP contribution in [0.4, 0.5) is 0 Å². The van der Waals surface area contributed by atoms with E-state index in [2.05, 4.69) is 19.1 Å². The van der Waals surface area contributed by atoms with Crippen LogP contribution >= 0.6 is 0 Å². The number of hydrogen-bond acceptors (Lipinski definition) is 2. The van der Waals surface area contributed by atoms with Crippen molar-refractivity contribution in [2.45, 2.75) is 45.4 Å². The highest BCUT2D eigenvalue weighted by atomic mass is 16.4. The molecular weight excluding hydrogens is 278 g/mol. The molecule has 4 heteroatoms. The van der Waals surface area contributed by atoms with Gasteiger partial charge in [0.25, 0.3) is 0 Å². The van der Waals surface area contributed by atoms with Crippen LogP contribution in [0.2, 0.25) is 0 Å². The van der Waals surface area contributed by atoms with E-state index in [1.165, 1.54) is 11.1 Å². The molecule has 0 spiro atoms. The molecule has 1 aromatic carbocycles. The van der Waals surface area contributed by atoms with Crippen LogP contribution in [0.3, 0.4) is 0 Å². The summed E-state index contributed by atoms with van der Waals surface area (Å²) in [4.78, 5) is 25.0. The third-order valence-electron chi connectivity index (χ3n) is 4.51. The largest absolute Gasteiger partial charge is 0.481 e. The molecule has 1 aliphatic rings. The number of amides is 1. The van der Waals surface area contributed by atoms with E-state index in [0.717, 1.165) is 32.4 Å². The zero-order chi connectivity index (χ0) is 15.9. The monoisotopic (exact) mass is 303 g/mol. The first-order chi connectivity index (χ1) is 10.6. The second-order valence-corrected chi connectivity index (χ2v) is 6.21. The first-order valence-electron chi connectivity index (χ1n) is 8.10. The Kier molecular flexibility index (Phi) is 5.99. The van der Waals surface area contributed by atoms with Crippen LogP contribution in [0.1, 0.15) is 43.2 Å². The molecule has 0 radical (unpaired) electrons. The van der Waals surface area contributed by atoms with Crippen molar-refractivity contribution < 1.29 is 14.7 Å². The first-order valence-corrected chi connectivity index (χ1v) is 8.10. The molecule has 1 amide bonds. The lowest BCUT2D eigenvalue weighted by molar-refractivity contribution is -0.137. The standard InChI is InChI=1S/C18H25NO3/c1-14-5-2-3-7-16(14)9-10-17(20)19-12-4-6-15(13-19)8-11-18(21)22/h2-3,5,7,15H,4,6,8-13H2,1H3,(H,21,22)/t15-/m1/s1. The summed E-state index contributed by atoms with van der Waals surface area (Å²) in [6.07, 6.45) is 4.22. The number of carboxylic acid groups (broad SMARTS) is 1. The number of piperidine rings is 1. The molecule has 2 rings (SSSR count). The molecule has 1 N–H and O–H groups in total. The van der Waals surface area contributed by atoms with Gasteiger partial charge in [-0.2, -0.15) is 0 Å². The number of likely N-dealkylation sites (tertiary alicyclic amines) is 1. The normalized spacial score (nSPS) is 18.2. The number of benzene rings is 1. The average Bonchev–Trinajstić information content (AvgIpc) is 2.52. The number of aryl methyl sites for hydroxylation is 2. The fourth-order valence-electron chi connectivity index (χ4n) is 3.15. The third-order valence-corrected chi connectivity index (χ3v) is 4.51. The topological polar surface area (TPSA) is 57.6 Å². The Balaban J connectivity index is 1.81. The molecule has 120 valence electrons. The van der Waals surface area contributed by atoms with E-state index in [9.17, 15) is 9.59 Å². The van der Waals surface area contributed by atoms with Gasteiger partial charge in [0.1, 0.15) is 0 Å². The van der Waals surface area contributed by atoms with Gasteiger partial charge in [-0.05, 0) is 49.7 Å². The summed E-state index contributed by atoms with van der Waals surface area (Å²) in [5.41, 5.74) is 2.46. The van der Waals surface area contributed by atoms with Crippen molar-refractivity contribution in [1.82, 2.24) is 4.90 Å². The number of carbonyl (C=O) groups excluding carboxylic acids is 1. The van der Waals surface area contributed by atoms with Crippen LogP contribution < -0.4 is 0 Å². The Labute approximate surface area is 132 Å². The lowest BCUT2D eigenvalue weighted by Crippen LogP contribution is -2.40. The fraction of sp³-hybridized carbons (Fsp3) is 0.556. The van der Waals surface area contributed by atoms with Crippen molar-refractivity contribution in [3.05, 3.63) is 35.4 Å². The molecule has 1 fully saturated rings. The lowest BCUT2D eigenvalue weighted by atomic mass is 9.93. The van der Waals surface area contributed by atoms with Crippen LogP contribution in [0, 0.1) is 12.8 Å². The summed E-state index contributed by atoms with van der Waals surface area (Å²) in [5.74, 6) is -0.210. The summed E-state index contributed by atoms with van der Waals surface area (Å²) in [6, 6.07) is 8.17. The summed E-state index contributed by atoms with van der Waals surface area (Å²) >= 11 is 0. The molecule has 1 saturated heterocycles. The summed E-state index contributed by atoms with van der Waals surface area (Å²) in [5, 5.41) is 8.77. The van der Waals surface area contributed by atoms with E-state index in [1.54, 1.807) is 0 Å².